The van der Waals surface area contributed by atoms with Crippen LogP contribution in [-0.4, -0.2) is 41.5 Å². The molecule has 0 atom stereocenters. The quantitative estimate of drug-likeness (QED) is 0.171. The highest BCUT2D eigenvalue weighted by atomic mass is 79.9. The van der Waals surface area contributed by atoms with Gasteiger partial charge in [-0.15, -0.1) is 0 Å². The highest BCUT2D eigenvalue weighted by Crippen LogP contribution is 2.29. The molecule has 2 N–H and O–H groups in total. The number of carbonyl (C=O) groups is 2. The number of nitrogens with zero attached hydrogens (tertiary/aromatic N) is 4. The number of hydrogen-bond acceptors (Lipinski definition) is 7. The number of benzene rings is 2. The number of fused-ring (bicyclic) bond motifs is 2. The van der Waals surface area contributed by atoms with Gasteiger partial charge in [-0.3, -0.25) is 9.59 Å². The smallest absolute Gasteiger partial charge is 0.171 e. The van der Waals surface area contributed by atoms with Gasteiger partial charge in [0.05, 0.1) is 29.2 Å². The lowest BCUT2D eigenvalue weighted by Crippen LogP contribution is -2.20. The summed E-state index contributed by atoms with van der Waals surface area (Å²) in [7, 11) is 0. The minimum Gasteiger partial charge on any atom is -0.489 e. The third-order valence-corrected chi connectivity index (χ3v) is 7.34. The van der Waals surface area contributed by atoms with Crippen molar-refractivity contribution in [3.63, 3.8) is 0 Å². The first-order chi connectivity index (χ1) is 21.3. The summed E-state index contributed by atoms with van der Waals surface area (Å²) in [6.45, 7) is 11.9. The Morgan fingerprint density at radius 1 is 0.756 bits per heavy atom. The summed E-state index contributed by atoms with van der Waals surface area (Å²) in [5.74, 6) is 0.856. The second kappa shape index (κ2) is 12.7. The van der Waals surface area contributed by atoms with Crippen molar-refractivity contribution in [3.05, 3.63) is 101 Å². The monoisotopic (exact) mass is 666 g/mol. The molecule has 0 bridgehead atoms. The van der Waals surface area contributed by atoms with E-state index in [1.807, 2.05) is 96.1 Å². The van der Waals surface area contributed by atoms with E-state index in [1.54, 1.807) is 24.8 Å². The van der Waals surface area contributed by atoms with E-state index in [-0.39, 0.29) is 11.6 Å². The number of nitrogens with one attached hydrogen (secondary N) is 2. The van der Waals surface area contributed by atoms with Crippen molar-refractivity contribution in [1.82, 2.24) is 29.9 Å². The maximum absolute atomic E-state index is 12.8. The Bertz CT molecular complexity index is 1980. The molecule has 0 aliphatic heterocycles. The number of aromatic amines is 2. The van der Waals surface area contributed by atoms with E-state index in [9.17, 15) is 9.59 Å². The lowest BCUT2D eigenvalue weighted by Gasteiger charge is -2.15. The van der Waals surface area contributed by atoms with Crippen LogP contribution in [0.3, 0.4) is 0 Å². The van der Waals surface area contributed by atoms with Gasteiger partial charge >= 0.3 is 0 Å². The average molecular weight is 668 g/mol. The molecule has 6 aromatic rings. The summed E-state index contributed by atoms with van der Waals surface area (Å²) in [4.78, 5) is 48.5. The average Bonchev–Trinajstić information content (AvgIpc) is 3.63. The standard InChI is InChI=1S/C24H23N3O2.C11H12BrN3O/c1-24(2,3)22(28)19-13-25-23-21(19)27-20(14-26-23)17-10-7-11-18(12-17)29-15-16-8-5-4-6-9-16;1-11(2,3)9(16)6-4-13-10-8(6)15-7(12)5-14-10/h4-14H,15H2,1-3H3,(H,25,26);4-5H,1-3H3,(H,13,14). The summed E-state index contributed by atoms with van der Waals surface area (Å²) in [6.07, 6.45) is 6.68. The van der Waals surface area contributed by atoms with Gasteiger partial charge in [0.15, 0.2) is 22.9 Å². The fraction of sp³-hybridized carbons (Fsp3) is 0.257. The van der Waals surface area contributed by atoms with Crippen molar-refractivity contribution in [1.29, 1.82) is 0 Å². The van der Waals surface area contributed by atoms with Gasteiger partial charge in [-0.25, -0.2) is 19.9 Å². The second-order valence-electron chi connectivity index (χ2n) is 12.7. The SMILES string of the molecule is CC(C)(C)C(=O)c1c[nH]c2ncc(-c3cccc(OCc4ccccc4)c3)nc12.CC(C)(C)C(=O)c1c[nH]c2ncc(Br)nc12. The molecule has 4 aromatic heterocycles. The molecule has 2 aromatic carbocycles. The van der Waals surface area contributed by atoms with Crippen LogP contribution in [0, 0.1) is 10.8 Å². The van der Waals surface area contributed by atoms with Crippen LogP contribution in [0.2, 0.25) is 0 Å². The maximum Gasteiger partial charge on any atom is 0.171 e. The van der Waals surface area contributed by atoms with Gasteiger partial charge in [0, 0.05) is 28.8 Å². The van der Waals surface area contributed by atoms with Gasteiger partial charge in [0.2, 0.25) is 0 Å². The van der Waals surface area contributed by atoms with Crippen molar-refractivity contribution in [2.24, 2.45) is 10.8 Å². The van der Waals surface area contributed by atoms with Gasteiger partial charge in [-0.2, -0.15) is 0 Å². The molecular formula is C35H35BrN6O3. The molecule has 0 saturated heterocycles. The molecule has 10 heteroatoms. The van der Waals surface area contributed by atoms with Crippen molar-refractivity contribution in [2.75, 3.05) is 0 Å². The predicted octanol–water partition coefficient (Wildman–Crippen LogP) is 8.38. The van der Waals surface area contributed by atoms with Crippen molar-refractivity contribution in [3.8, 4) is 17.0 Å². The summed E-state index contributed by atoms with van der Waals surface area (Å²) in [5, 5.41) is 0. The fourth-order valence-corrected chi connectivity index (χ4v) is 4.82. The number of aromatic nitrogens is 6. The van der Waals surface area contributed by atoms with Crippen LogP contribution in [0.25, 0.3) is 33.6 Å². The van der Waals surface area contributed by atoms with Crippen LogP contribution < -0.4 is 4.74 Å². The van der Waals surface area contributed by atoms with Gasteiger partial charge in [0.1, 0.15) is 28.0 Å². The van der Waals surface area contributed by atoms with Gasteiger partial charge < -0.3 is 14.7 Å². The lowest BCUT2D eigenvalue weighted by atomic mass is 9.87. The molecule has 0 aliphatic rings. The van der Waals surface area contributed by atoms with Crippen LogP contribution in [-0.2, 0) is 6.61 Å². The Kier molecular flexibility index (Phi) is 8.97. The molecule has 0 amide bonds. The van der Waals surface area contributed by atoms with Crippen LogP contribution in [0.4, 0.5) is 0 Å². The third-order valence-electron chi connectivity index (χ3n) is 6.96. The molecular weight excluding hydrogens is 632 g/mol. The van der Waals surface area contributed by atoms with Crippen LogP contribution >= 0.6 is 15.9 Å². The van der Waals surface area contributed by atoms with Crippen molar-refractivity contribution in [2.45, 2.75) is 48.1 Å². The molecule has 0 aliphatic carbocycles. The first-order valence-electron chi connectivity index (χ1n) is 14.5. The van der Waals surface area contributed by atoms with Crippen molar-refractivity contribution < 1.29 is 14.3 Å². The van der Waals surface area contributed by atoms with Gasteiger partial charge in [-0.05, 0) is 33.6 Å². The maximum atomic E-state index is 12.8. The Balaban J connectivity index is 0.000000211. The molecule has 0 saturated carbocycles. The summed E-state index contributed by atoms with van der Waals surface area (Å²) in [6, 6.07) is 17.8. The van der Waals surface area contributed by atoms with Crippen LogP contribution in [0.1, 0.15) is 67.8 Å². The number of Topliss-reactive ketones (excluding diaryl/α,β-unsaturated/α-hetero) is 2. The molecule has 9 nitrogen and oxygen atoms in total. The minimum atomic E-state index is -0.488. The van der Waals surface area contributed by atoms with E-state index in [0.717, 1.165) is 16.9 Å². The summed E-state index contributed by atoms with van der Waals surface area (Å²) in [5.41, 5.74) is 5.41. The zero-order valence-electron chi connectivity index (χ0n) is 26.1. The Labute approximate surface area is 270 Å². The fourth-order valence-electron chi connectivity index (χ4n) is 4.54. The number of ether oxygens (including phenoxy) is 1. The summed E-state index contributed by atoms with van der Waals surface area (Å²) < 4.78 is 6.55. The van der Waals surface area contributed by atoms with E-state index in [2.05, 4.69) is 40.8 Å². The van der Waals surface area contributed by atoms with Crippen LogP contribution in [0.15, 0.2) is 84.0 Å². The van der Waals surface area contributed by atoms with E-state index < -0.39 is 10.8 Å². The molecule has 0 unspecified atom stereocenters. The topological polar surface area (TPSA) is 127 Å². The minimum absolute atomic E-state index is 0.0372. The van der Waals surface area contributed by atoms with E-state index in [0.29, 0.717) is 50.4 Å². The number of ketones is 2. The number of H-pyrrole nitrogens is 2. The van der Waals surface area contributed by atoms with Crippen LogP contribution in [0.5, 0.6) is 5.75 Å². The zero-order chi connectivity index (χ0) is 32.4. The molecule has 0 spiro atoms. The highest BCUT2D eigenvalue weighted by Gasteiger charge is 2.27. The lowest BCUT2D eigenvalue weighted by molar-refractivity contribution is 0.0854. The number of hydrogen-bond donors (Lipinski definition) is 2. The number of rotatable bonds is 6. The Morgan fingerprint density at radius 3 is 1.93 bits per heavy atom. The second-order valence-corrected chi connectivity index (χ2v) is 13.5. The van der Waals surface area contributed by atoms with Gasteiger partial charge in [-0.1, -0.05) is 84.0 Å². The third kappa shape index (κ3) is 7.34. The molecule has 6 rings (SSSR count). The summed E-state index contributed by atoms with van der Waals surface area (Å²) >= 11 is 3.25. The van der Waals surface area contributed by atoms with E-state index >= 15 is 0 Å². The predicted molar refractivity (Wildman–Crippen MR) is 179 cm³/mol. The molecule has 0 radical (unpaired) electrons. The normalized spacial score (nSPS) is 11.7. The number of halogens is 1. The largest absolute Gasteiger partial charge is 0.489 e. The Morgan fingerprint density at radius 2 is 1.33 bits per heavy atom. The molecule has 4 heterocycles. The number of carbonyl (C=O) groups excluding carboxylic acids is 2. The highest BCUT2D eigenvalue weighted by molar-refractivity contribution is 9.10. The first-order valence-corrected chi connectivity index (χ1v) is 15.3. The molecule has 0 fully saturated rings. The van der Waals surface area contributed by atoms with Gasteiger partial charge in [0.25, 0.3) is 0 Å². The van der Waals surface area contributed by atoms with E-state index in [4.69, 9.17) is 9.72 Å². The van der Waals surface area contributed by atoms with E-state index in [1.165, 1.54) is 0 Å². The zero-order valence-corrected chi connectivity index (χ0v) is 27.7. The molecule has 45 heavy (non-hydrogen) atoms. The first kappa shape index (κ1) is 31.7. The Hall–Kier alpha value is -4.70. The van der Waals surface area contributed by atoms with Crippen molar-refractivity contribution >= 4 is 49.8 Å². The molecule has 230 valence electrons.